The summed E-state index contributed by atoms with van der Waals surface area (Å²) in [6, 6.07) is 10.8. The van der Waals surface area contributed by atoms with Crippen LogP contribution >= 0.6 is 0 Å². The van der Waals surface area contributed by atoms with E-state index in [2.05, 4.69) is 49.6 Å². The Morgan fingerprint density at radius 2 is 1.88 bits per heavy atom. The quantitative estimate of drug-likeness (QED) is 0.658. The number of unbranched alkanes of at least 4 members (excludes halogenated alkanes) is 2. The Morgan fingerprint density at radius 1 is 1.12 bits per heavy atom. The second-order valence-corrected chi connectivity index (χ2v) is 4.61. The molecule has 0 fully saturated rings. The largest absolute Gasteiger partial charge is 0.319 e. The molecule has 0 aliphatic heterocycles. The summed E-state index contributed by atoms with van der Waals surface area (Å²) >= 11 is 0. The van der Waals surface area contributed by atoms with Crippen LogP contribution < -0.4 is 5.32 Å². The van der Waals surface area contributed by atoms with E-state index in [1.165, 1.54) is 37.7 Å². The number of nitrogens with one attached hydrogen (secondary N) is 1. The molecule has 1 aromatic carbocycles. The van der Waals surface area contributed by atoms with Crippen molar-refractivity contribution >= 4 is 0 Å². The van der Waals surface area contributed by atoms with Gasteiger partial charge in [0.15, 0.2) is 0 Å². The summed E-state index contributed by atoms with van der Waals surface area (Å²) in [5, 5.41) is 3.31. The molecule has 1 nitrogen and oxygen atoms in total. The zero-order chi connectivity index (χ0) is 11.6. The molecule has 1 unspecified atom stereocenters. The second kappa shape index (κ2) is 8.35. The molecular formula is C15H25N. The van der Waals surface area contributed by atoms with Gasteiger partial charge in [0.1, 0.15) is 0 Å². The number of benzene rings is 1. The van der Waals surface area contributed by atoms with Crippen LogP contribution in [0.1, 0.15) is 38.2 Å². The van der Waals surface area contributed by atoms with Gasteiger partial charge in [-0.25, -0.2) is 0 Å². The fraction of sp³-hybridized carbons (Fsp3) is 0.600. The van der Waals surface area contributed by atoms with Crippen molar-refractivity contribution in [2.24, 2.45) is 5.92 Å². The van der Waals surface area contributed by atoms with Gasteiger partial charge in [-0.05, 0) is 37.9 Å². The minimum atomic E-state index is 0.791. The first kappa shape index (κ1) is 13.2. The predicted molar refractivity (Wildman–Crippen MR) is 71.7 cm³/mol. The van der Waals surface area contributed by atoms with Crippen LogP contribution in [0.3, 0.4) is 0 Å². The maximum absolute atomic E-state index is 3.31. The van der Waals surface area contributed by atoms with E-state index in [1.807, 2.05) is 0 Å². The van der Waals surface area contributed by atoms with Gasteiger partial charge in [-0.3, -0.25) is 0 Å². The van der Waals surface area contributed by atoms with Gasteiger partial charge in [-0.1, -0.05) is 56.5 Å². The maximum atomic E-state index is 3.31. The van der Waals surface area contributed by atoms with Crippen molar-refractivity contribution < 1.29 is 0 Å². The molecule has 0 aliphatic rings. The summed E-state index contributed by atoms with van der Waals surface area (Å²) < 4.78 is 0. The van der Waals surface area contributed by atoms with E-state index in [0.29, 0.717) is 0 Å². The molecule has 0 bridgehead atoms. The zero-order valence-electron chi connectivity index (χ0n) is 10.7. The van der Waals surface area contributed by atoms with Crippen molar-refractivity contribution in [2.75, 3.05) is 13.6 Å². The Hall–Kier alpha value is -0.820. The highest BCUT2D eigenvalue weighted by Gasteiger charge is 2.08. The third-order valence-corrected chi connectivity index (χ3v) is 3.08. The molecule has 0 aliphatic carbocycles. The van der Waals surface area contributed by atoms with Crippen molar-refractivity contribution in [3.63, 3.8) is 0 Å². The highest BCUT2D eigenvalue weighted by atomic mass is 14.8. The molecule has 1 atom stereocenters. The highest BCUT2D eigenvalue weighted by molar-refractivity contribution is 5.15. The lowest BCUT2D eigenvalue weighted by Gasteiger charge is -2.16. The Labute approximate surface area is 100 Å². The van der Waals surface area contributed by atoms with Crippen LogP contribution in [0.5, 0.6) is 0 Å². The monoisotopic (exact) mass is 219 g/mol. The lowest BCUT2D eigenvalue weighted by atomic mass is 9.94. The average Bonchev–Trinajstić information content (AvgIpc) is 2.31. The Morgan fingerprint density at radius 3 is 2.50 bits per heavy atom. The number of hydrogen-bond acceptors (Lipinski definition) is 1. The van der Waals surface area contributed by atoms with Crippen molar-refractivity contribution in [3.05, 3.63) is 35.9 Å². The van der Waals surface area contributed by atoms with Crippen LogP contribution in [-0.2, 0) is 6.42 Å². The molecule has 1 heteroatoms. The third-order valence-electron chi connectivity index (χ3n) is 3.08. The molecule has 0 heterocycles. The van der Waals surface area contributed by atoms with Crippen molar-refractivity contribution in [1.29, 1.82) is 0 Å². The fourth-order valence-electron chi connectivity index (χ4n) is 2.20. The SMILES string of the molecule is CCCCCC(CNC)Cc1ccccc1. The minimum Gasteiger partial charge on any atom is -0.319 e. The topological polar surface area (TPSA) is 12.0 Å². The summed E-state index contributed by atoms with van der Waals surface area (Å²) in [5.41, 5.74) is 1.47. The van der Waals surface area contributed by atoms with Gasteiger partial charge >= 0.3 is 0 Å². The Bertz CT molecular complexity index is 255. The van der Waals surface area contributed by atoms with E-state index in [4.69, 9.17) is 0 Å². The standard InChI is InChI=1S/C15H25N/c1-3-4-6-11-15(13-16-2)12-14-9-7-5-8-10-14/h5,7-10,15-16H,3-4,6,11-13H2,1-2H3. The van der Waals surface area contributed by atoms with Crippen LogP contribution in [0.15, 0.2) is 30.3 Å². The molecule has 0 radical (unpaired) electrons. The van der Waals surface area contributed by atoms with Gasteiger partial charge in [-0.15, -0.1) is 0 Å². The molecule has 0 amide bonds. The minimum absolute atomic E-state index is 0.791. The van der Waals surface area contributed by atoms with Crippen LogP contribution in [0.2, 0.25) is 0 Å². The van der Waals surface area contributed by atoms with E-state index in [0.717, 1.165) is 12.5 Å². The molecule has 0 saturated heterocycles. The molecule has 1 rings (SSSR count). The smallest absolute Gasteiger partial charge is 0.00203 e. The summed E-state index contributed by atoms with van der Waals surface area (Å²) in [5.74, 6) is 0.791. The number of rotatable bonds is 8. The lowest BCUT2D eigenvalue weighted by Crippen LogP contribution is -2.20. The molecule has 90 valence electrons. The van der Waals surface area contributed by atoms with E-state index >= 15 is 0 Å². The molecule has 16 heavy (non-hydrogen) atoms. The Balaban J connectivity index is 2.38. The van der Waals surface area contributed by atoms with Crippen LogP contribution in [0.4, 0.5) is 0 Å². The normalized spacial score (nSPS) is 12.6. The van der Waals surface area contributed by atoms with E-state index in [1.54, 1.807) is 0 Å². The van der Waals surface area contributed by atoms with Gasteiger partial charge in [0, 0.05) is 0 Å². The van der Waals surface area contributed by atoms with Crippen molar-refractivity contribution in [3.8, 4) is 0 Å². The van der Waals surface area contributed by atoms with Gasteiger partial charge in [0.2, 0.25) is 0 Å². The molecule has 0 spiro atoms. The third kappa shape index (κ3) is 5.32. The van der Waals surface area contributed by atoms with E-state index < -0.39 is 0 Å². The van der Waals surface area contributed by atoms with Crippen molar-refractivity contribution in [2.45, 2.75) is 39.0 Å². The molecule has 1 N–H and O–H groups in total. The average molecular weight is 219 g/mol. The van der Waals surface area contributed by atoms with Crippen molar-refractivity contribution in [1.82, 2.24) is 5.32 Å². The first-order valence-corrected chi connectivity index (χ1v) is 6.55. The fourth-order valence-corrected chi connectivity index (χ4v) is 2.20. The lowest BCUT2D eigenvalue weighted by molar-refractivity contribution is 0.438. The molecule has 0 saturated carbocycles. The highest BCUT2D eigenvalue weighted by Crippen LogP contribution is 2.15. The first-order valence-electron chi connectivity index (χ1n) is 6.55. The van der Waals surface area contributed by atoms with Gasteiger partial charge in [0.05, 0.1) is 0 Å². The molecule has 1 aromatic rings. The zero-order valence-corrected chi connectivity index (χ0v) is 10.7. The van der Waals surface area contributed by atoms with Gasteiger partial charge in [0.25, 0.3) is 0 Å². The van der Waals surface area contributed by atoms with Crippen LogP contribution in [0, 0.1) is 5.92 Å². The van der Waals surface area contributed by atoms with Crippen LogP contribution in [-0.4, -0.2) is 13.6 Å². The second-order valence-electron chi connectivity index (χ2n) is 4.61. The molecule has 0 aromatic heterocycles. The van der Waals surface area contributed by atoms with E-state index in [-0.39, 0.29) is 0 Å². The first-order chi connectivity index (χ1) is 7.86. The van der Waals surface area contributed by atoms with Crippen LogP contribution in [0.25, 0.3) is 0 Å². The summed E-state index contributed by atoms with van der Waals surface area (Å²) in [6.45, 7) is 3.41. The summed E-state index contributed by atoms with van der Waals surface area (Å²) in [6.07, 6.45) is 6.62. The Kier molecular flexibility index (Phi) is 6.91. The van der Waals surface area contributed by atoms with E-state index in [9.17, 15) is 0 Å². The van der Waals surface area contributed by atoms with Gasteiger partial charge in [-0.2, -0.15) is 0 Å². The predicted octanol–water partition coefficient (Wildman–Crippen LogP) is 3.65. The number of hydrogen-bond donors (Lipinski definition) is 1. The summed E-state index contributed by atoms with van der Waals surface area (Å²) in [4.78, 5) is 0. The maximum Gasteiger partial charge on any atom is -0.00203 e. The molecular weight excluding hydrogens is 194 g/mol. The summed E-state index contributed by atoms with van der Waals surface area (Å²) in [7, 11) is 2.05. The van der Waals surface area contributed by atoms with Gasteiger partial charge < -0.3 is 5.32 Å².